The maximum absolute atomic E-state index is 11.6. The molecule has 17 heavy (non-hydrogen) atoms. The Morgan fingerprint density at radius 3 is 2.41 bits per heavy atom. The Labute approximate surface area is 99.9 Å². The van der Waals surface area contributed by atoms with Gasteiger partial charge in [0.05, 0.1) is 12.3 Å². The summed E-state index contributed by atoms with van der Waals surface area (Å²) in [6.45, 7) is 3.47. The highest BCUT2D eigenvalue weighted by molar-refractivity contribution is 5.95. The molecule has 0 saturated carbocycles. The molecule has 0 saturated heterocycles. The number of carbonyl (C=O) groups is 2. The summed E-state index contributed by atoms with van der Waals surface area (Å²) in [4.78, 5) is 22.2. The fourth-order valence-electron chi connectivity index (χ4n) is 1.09. The van der Waals surface area contributed by atoms with E-state index in [1.807, 2.05) is 6.07 Å². The van der Waals surface area contributed by atoms with E-state index in [1.165, 1.54) is 6.92 Å². The Morgan fingerprint density at radius 1 is 1.18 bits per heavy atom. The lowest BCUT2D eigenvalue weighted by atomic mass is 10.2. The Bertz CT molecular complexity index is 427. The first-order valence-electron chi connectivity index (χ1n) is 5.22. The van der Waals surface area contributed by atoms with Gasteiger partial charge in [-0.3, -0.25) is 9.59 Å². The zero-order valence-corrected chi connectivity index (χ0v) is 9.86. The van der Waals surface area contributed by atoms with Crippen LogP contribution in [0.1, 0.15) is 24.2 Å². The molecule has 0 atom stereocenters. The van der Waals surface area contributed by atoms with E-state index < -0.39 is 0 Å². The van der Waals surface area contributed by atoms with Gasteiger partial charge in [0.15, 0.2) is 0 Å². The smallest absolute Gasteiger partial charge is 0.271 e. The van der Waals surface area contributed by atoms with E-state index in [4.69, 9.17) is 0 Å². The summed E-state index contributed by atoms with van der Waals surface area (Å²) in [6, 6.07) is 8.80. The van der Waals surface area contributed by atoms with Gasteiger partial charge in [-0.2, -0.15) is 5.10 Å². The van der Waals surface area contributed by atoms with Gasteiger partial charge < -0.3 is 5.32 Å². The maximum atomic E-state index is 11.6. The molecule has 0 spiro atoms. The second-order valence-corrected chi connectivity index (χ2v) is 3.56. The molecule has 0 unspecified atom stereocenters. The average Bonchev–Trinajstić information content (AvgIpc) is 2.34. The SMILES string of the molecule is CC(=O)NC/C(C)=N\NC(=O)c1ccccc1. The van der Waals surface area contributed by atoms with Crippen LogP contribution in [-0.4, -0.2) is 24.1 Å². The van der Waals surface area contributed by atoms with Crippen molar-refractivity contribution in [2.45, 2.75) is 13.8 Å². The number of carbonyl (C=O) groups excluding carboxylic acids is 2. The van der Waals surface area contributed by atoms with Crippen molar-refractivity contribution in [3.05, 3.63) is 35.9 Å². The number of hydrazone groups is 1. The average molecular weight is 233 g/mol. The molecule has 0 bridgehead atoms. The fraction of sp³-hybridized carbons (Fsp3) is 0.250. The third-order valence-electron chi connectivity index (χ3n) is 1.98. The molecule has 0 aliphatic rings. The van der Waals surface area contributed by atoms with Crippen LogP contribution in [0.4, 0.5) is 0 Å². The van der Waals surface area contributed by atoms with Crippen LogP contribution >= 0.6 is 0 Å². The first-order valence-corrected chi connectivity index (χ1v) is 5.22. The maximum Gasteiger partial charge on any atom is 0.271 e. The summed E-state index contributed by atoms with van der Waals surface area (Å²) in [5.74, 6) is -0.401. The van der Waals surface area contributed by atoms with Crippen LogP contribution in [0.15, 0.2) is 35.4 Å². The highest BCUT2D eigenvalue weighted by atomic mass is 16.2. The van der Waals surface area contributed by atoms with E-state index in [9.17, 15) is 9.59 Å². The molecule has 0 fully saturated rings. The Morgan fingerprint density at radius 2 is 1.82 bits per heavy atom. The number of nitrogens with one attached hydrogen (secondary N) is 2. The summed E-state index contributed by atoms with van der Waals surface area (Å²) >= 11 is 0. The summed E-state index contributed by atoms with van der Waals surface area (Å²) in [7, 11) is 0. The van der Waals surface area contributed by atoms with Crippen molar-refractivity contribution in [2.24, 2.45) is 5.10 Å². The number of rotatable bonds is 4. The van der Waals surface area contributed by atoms with E-state index in [1.54, 1.807) is 31.2 Å². The molecule has 2 N–H and O–H groups in total. The van der Waals surface area contributed by atoms with Crippen LogP contribution in [0.25, 0.3) is 0 Å². The second kappa shape index (κ2) is 6.42. The van der Waals surface area contributed by atoms with Gasteiger partial charge in [-0.1, -0.05) is 18.2 Å². The van der Waals surface area contributed by atoms with Gasteiger partial charge in [-0.05, 0) is 19.1 Å². The predicted octanol–water partition coefficient (Wildman–Crippen LogP) is 0.928. The largest absolute Gasteiger partial charge is 0.351 e. The lowest BCUT2D eigenvalue weighted by Crippen LogP contribution is -2.28. The summed E-state index contributed by atoms with van der Waals surface area (Å²) < 4.78 is 0. The third kappa shape index (κ3) is 4.92. The quantitative estimate of drug-likeness (QED) is 0.600. The molecule has 0 aliphatic carbocycles. The molecule has 1 aromatic rings. The van der Waals surface area contributed by atoms with Crippen LogP contribution in [0.5, 0.6) is 0 Å². The van der Waals surface area contributed by atoms with Crippen LogP contribution in [0, 0.1) is 0 Å². The molecular weight excluding hydrogens is 218 g/mol. The van der Waals surface area contributed by atoms with Gasteiger partial charge in [0.2, 0.25) is 5.91 Å². The van der Waals surface area contributed by atoms with E-state index in [0.717, 1.165) is 0 Å². The Balaban J connectivity index is 2.47. The minimum Gasteiger partial charge on any atom is -0.351 e. The van der Waals surface area contributed by atoms with E-state index in [-0.39, 0.29) is 11.8 Å². The van der Waals surface area contributed by atoms with Gasteiger partial charge >= 0.3 is 0 Å². The number of benzene rings is 1. The molecule has 0 aliphatic heterocycles. The molecule has 0 heterocycles. The molecule has 90 valence electrons. The molecule has 1 rings (SSSR count). The molecule has 1 aromatic carbocycles. The minimum atomic E-state index is -0.271. The third-order valence-corrected chi connectivity index (χ3v) is 1.98. The minimum absolute atomic E-state index is 0.131. The van der Waals surface area contributed by atoms with Gasteiger partial charge in [-0.25, -0.2) is 5.43 Å². The van der Waals surface area contributed by atoms with Crippen molar-refractivity contribution in [3.8, 4) is 0 Å². The van der Waals surface area contributed by atoms with Crippen molar-refractivity contribution in [2.75, 3.05) is 6.54 Å². The van der Waals surface area contributed by atoms with Crippen molar-refractivity contribution in [1.29, 1.82) is 0 Å². The van der Waals surface area contributed by atoms with Gasteiger partial charge in [0.1, 0.15) is 0 Å². The summed E-state index contributed by atoms with van der Waals surface area (Å²) in [5, 5.41) is 6.46. The zero-order chi connectivity index (χ0) is 12.7. The van der Waals surface area contributed by atoms with Crippen LogP contribution < -0.4 is 10.7 Å². The van der Waals surface area contributed by atoms with E-state index in [2.05, 4.69) is 15.8 Å². The van der Waals surface area contributed by atoms with Gasteiger partial charge in [0, 0.05) is 12.5 Å². The van der Waals surface area contributed by atoms with Crippen molar-refractivity contribution in [3.63, 3.8) is 0 Å². The zero-order valence-electron chi connectivity index (χ0n) is 9.86. The molecule has 5 heteroatoms. The van der Waals surface area contributed by atoms with Crippen LogP contribution in [0.2, 0.25) is 0 Å². The normalized spacial score (nSPS) is 10.8. The molecule has 0 radical (unpaired) electrons. The molecule has 2 amide bonds. The highest BCUT2D eigenvalue weighted by Crippen LogP contribution is 1.97. The van der Waals surface area contributed by atoms with E-state index >= 15 is 0 Å². The van der Waals surface area contributed by atoms with Crippen LogP contribution in [0.3, 0.4) is 0 Å². The molecule has 0 aromatic heterocycles. The first-order chi connectivity index (χ1) is 8.09. The standard InChI is InChI=1S/C12H15N3O2/c1-9(8-13-10(2)16)14-15-12(17)11-6-4-3-5-7-11/h3-7H,8H2,1-2H3,(H,13,16)(H,15,17)/b14-9-. The number of amides is 2. The van der Waals surface area contributed by atoms with Gasteiger partial charge in [0.25, 0.3) is 5.91 Å². The highest BCUT2D eigenvalue weighted by Gasteiger charge is 2.02. The number of hydrogen-bond acceptors (Lipinski definition) is 3. The fourth-order valence-corrected chi connectivity index (χ4v) is 1.09. The first kappa shape index (κ1) is 12.9. The summed E-state index contributed by atoms with van der Waals surface area (Å²) in [6.07, 6.45) is 0. The van der Waals surface area contributed by atoms with E-state index in [0.29, 0.717) is 17.8 Å². The number of hydrogen-bond donors (Lipinski definition) is 2. The lowest BCUT2D eigenvalue weighted by molar-refractivity contribution is -0.118. The van der Waals surface area contributed by atoms with Gasteiger partial charge in [-0.15, -0.1) is 0 Å². The summed E-state index contributed by atoms with van der Waals surface area (Å²) in [5.41, 5.74) is 3.59. The Hall–Kier alpha value is -2.17. The number of nitrogens with zero attached hydrogens (tertiary/aromatic N) is 1. The van der Waals surface area contributed by atoms with Crippen molar-refractivity contribution in [1.82, 2.24) is 10.7 Å². The monoisotopic (exact) mass is 233 g/mol. The molecule has 5 nitrogen and oxygen atoms in total. The second-order valence-electron chi connectivity index (χ2n) is 3.56. The molecular formula is C12H15N3O2. The topological polar surface area (TPSA) is 70.6 Å². The Kier molecular flexibility index (Phi) is 4.87. The van der Waals surface area contributed by atoms with Crippen molar-refractivity contribution >= 4 is 17.5 Å². The van der Waals surface area contributed by atoms with Crippen molar-refractivity contribution < 1.29 is 9.59 Å². The van der Waals surface area contributed by atoms with Crippen LogP contribution in [-0.2, 0) is 4.79 Å². The predicted molar refractivity (Wildman–Crippen MR) is 65.7 cm³/mol. The lowest BCUT2D eigenvalue weighted by Gasteiger charge is -2.03.